The van der Waals surface area contributed by atoms with Crippen LogP contribution in [0.2, 0.25) is 0 Å². The topological polar surface area (TPSA) is 99.8 Å². The molecule has 7 nitrogen and oxygen atoms in total. The fraction of sp³-hybridized carbons (Fsp3) is 0.368. The Morgan fingerprint density at radius 3 is 2.17 bits per heavy atom. The summed E-state index contributed by atoms with van der Waals surface area (Å²) in [7, 11) is 0.542. The highest BCUT2D eigenvalue weighted by Crippen LogP contribution is 2.48. The Morgan fingerprint density at radius 2 is 1.69 bits per heavy atom. The van der Waals surface area contributed by atoms with Crippen molar-refractivity contribution < 1.29 is 49.1 Å². The monoisotopic (exact) mass is 513 g/mol. The molecule has 0 spiro atoms. The summed E-state index contributed by atoms with van der Waals surface area (Å²) in [5.74, 6) is -10.1. The Balaban J connectivity index is 1.99. The zero-order valence-corrected chi connectivity index (χ0v) is 17.2. The first kappa shape index (κ1) is 25.8. The first-order valence-electron chi connectivity index (χ1n) is 9.37. The van der Waals surface area contributed by atoms with Gasteiger partial charge in [-0.1, -0.05) is 0 Å². The average molecular weight is 513 g/mol. The Labute approximate surface area is 189 Å². The summed E-state index contributed by atoms with van der Waals surface area (Å²) in [6.07, 6.45) is -11.7. The van der Waals surface area contributed by atoms with E-state index in [1.54, 1.807) is 5.32 Å². The molecular weight excluding hydrogens is 501 g/mol. The lowest BCUT2D eigenvalue weighted by Gasteiger charge is -2.19. The summed E-state index contributed by atoms with van der Waals surface area (Å²) < 4.78 is 120. The van der Waals surface area contributed by atoms with Gasteiger partial charge in [-0.2, -0.15) is 45.5 Å². The van der Waals surface area contributed by atoms with Gasteiger partial charge in [-0.3, -0.25) is 14.3 Å². The van der Waals surface area contributed by atoms with Crippen LogP contribution in [0.3, 0.4) is 0 Å². The lowest BCUT2D eigenvalue weighted by atomic mass is 10.1. The number of carbonyl (C=O) groups excluding carboxylic acids is 2. The van der Waals surface area contributed by atoms with E-state index in [4.69, 9.17) is 5.26 Å². The predicted molar refractivity (Wildman–Crippen MR) is 97.6 cm³/mol. The van der Waals surface area contributed by atoms with Gasteiger partial charge in [0.25, 0.3) is 11.8 Å². The molecule has 0 saturated heterocycles. The number of nitrogens with one attached hydrogen (secondary N) is 2. The van der Waals surface area contributed by atoms with Gasteiger partial charge in [0.1, 0.15) is 22.6 Å². The maximum atomic E-state index is 14.1. The van der Waals surface area contributed by atoms with Crippen molar-refractivity contribution in [3.8, 4) is 6.07 Å². The highest BCUT2D eigenvalue weighted by Gasteiger charge is 2.64. The minimum atomic E-state index is -6.45. The lowest BCUT2D eigenvalue weighted by molar-refractivity contribution is -0.292. The third kappa shape index (κ3) is 4.75. The van der Waals surface area contributed by atoms with E-state index < -0.39 is 69.6 Å². The van der Waals surface area contributed by atoms with Crippen molar-refractivity contribution >= 4 is 17.5 Å². The fourth-order valence-electron chi connectivity index (χ4n) is 3.05. The molecule has 1 aliphatic rings. The first-order valence-corrected chi connectivity index (χ1v) is 9.37. The van der Waals surface area contributed by atoms with Crippen molar-refractivity contribution in [3.05, 3.63) is 46.5 Å². The standard InChI is InChI=1S/C19H12F9N5O2/c1-33-12(11(18(23,24)25)13(32-33)17(21,22)19(26,27)28)15(35)30-8-2-3-10(20)9(6-8)14(34)31-16(7-29)4-5-16/h2-3,6H,4-5H2,1H3,(H,30,35)(H,31,34). The Bertz CT molecular complexity index is 1240. The number of benzene rings is 1. The molecule has 0 bridgehead atoms. The summed E-state index contributed by atoms with van der Waals surface area (Å²) in [6.45, 7) is 0. The highest BCUT2D eigenvalue weighted by atomic mass is 19.4. The molecule has 35 heavy (non-hydrogen) atoms. The summed E-state index contributed by atoms with van der Waals surface area (Å²) in [5, 5.41) is 15.7. The molecule has 2 aromatic rings. The Hall–Kier alpha value is -3.77. The second kappa shape index (κ2) is 8.17. The molecule has 1 aromatic carbocycles. The number of nitriles is 1. The number of amides is 2. The van der Waals surface area contributed by atoms with Crippen LogP contribution < -0.4 is 10.6 Å². The van der Waals surface area contributed by atoms with Crippen LogP contribution in [0.1, 0.15) is 44.9 Å². The highest BCUT2D eigenvalue weighted by molar-refractivity contribution is 6.05. The molecule has 0 atom stereocenters. The summed E-state index contributed by atoms with van der Waals surface area (Å²) in [5.41, 5.74) is -9.45. The quantitative estimate of drug-likeness (QED) is 0.584. The van der Waals surface area contributed by atoms with Gasteiger partial charge in [0.2, 0.25) is 0 Å². The normalized spacial score (nSPS) is 15.3. The average Bonchev–Trinajstić information content (AvgIpc) is 3.39. The van der Waals surface area contributed by atoms with Crippen molar-refractivity contribution in [2.45, 2.75) is 36.7 Å². The van der Waals surface area contributed by atoms with Gasteiger partial charge in [-0.05, 0) is 31.0 Å². The number of aryl methyl sites for hydroxylation is 1. The fourth-order valence-corrected chi connectivity index (χ4v) is 3.05. The van der Waals surface area contributed by atoms with Crippen molar-refractivity contribution in [2.24, 2.45) is 7.05 Å². The third-order valence-electron chi connectivity index (χ3n) is 4.98. The molecule has 1 fully saturated rings. The van der Waals surface area contributed by atoms with Gasteiger partial charge in [0, 0.05) is 12.7 Å². The molecule has 0 radical (unpaired) electrons. The SMILES string of the molecule is Cn1nc(C(F)(F)C(F)(F)F)c(C(F)(F)F)c1C(=O)Nc1ccc(F)c(C(=O)NC2(C#N)CC2)c1. The van der Waals surface area contributed by atoms with Gasteiger partial charge in [-0.15, -0.1) is 0 Å². The maximum absolute atomic E-state index is 14.1. The summed E-state index contributed by atoms with van der Waals surface area (Å²) in [4.78, 5) is 24.8. The van der Waals surface area contributed by atoms with Crippen molar-refractivity contribution in [3.63, 3.8) is 0 Å². The number of rotatable bonds is 5. The van der Waals surface area contributed by atoms with E-state index in [1.165, 1.54) is 0 Å². The minimum Gasteiger partial charge on any atom is -0.334 e. The van der Waals surface area contributed by atoms with Crippen molar-refractivity contribution in [1.82, 2.24) is 15.1 Å². The molecule has 1 heterocycles. The molecule has 1 saturated carbocycles. The molecule has 0 unspecified atom stereocenters. The molecule has 16 heteroatoms. The van der Waals surface area contributed by atoms with Gasteiger partial charge in [0.15, 0.2) is 5.69 Å². The second-order valence-electron chi connectivity index (χ2n) is 7.56. The summed E-state index contributed by atoms with van der Waals surface area (Å²) >= 11 is 0. The summed E-state index contributed by atoms with van der Waals surface area (Å²) in [6, 6.07) is 3.94. The van der Waals surface area contributed by atoms with Crippen LogP contribution in [0.15, 0.2) is 18.2 Å². The van der Waals surface area contributed by atoms with E-state index in [2.05, 4.69) is 10.4 Å². The number of halogens is 9. The molecule has 1 aromatic heterocycles. The number of hydrogen-bond donors (Lipinski definition) is 2. The maximum Gasteiger partial charge on any atom is 0.459 e. The Kier molecular flexibility index (Phi) is 6.03. The Morgan fingerprint density at radius 1 is 1.09 bits per heavy atom. The van der Waals surface area contributed by atoms with Gasteiger partial charge >= 0.3 is 18.3 Å². The second-order valence-corrected chi connectivity index (χ2v) is 7.56. The molecule has 2 amide bonds. The molecule has 2 N–H and O–H groups in total. The number of nitrogens with zero attached hydrogens (tertiary/aromatic N) is 3. The van der Waals surface area contributed by atoms with E-state index in [1.807, 2.05) is 6.07 Å². The van der Waals surface area contributed by atoms with E-state index in [0.29, 0.717) is 32.0 Å². The molecule has 0 aliphatic heterocycles. The third-order valence-corrected chi connectivity index (χ3v) is 4.98. The zero-order chi connectivity index (χ0) is 26.6. The van der Waals surface area contributed by atoms with Gasteiger partial charge in [0.05, 0.1) is 11.6 Å². The number of alkyl halides is 8. The van der Waals surface area contributed by atoms with Gasteiger partial charge < -0.3 is 10.6 Å². The van der Waals surface area contributed by atoms with Crippen LogP contribution >= 0.6 is 0 Å². The van der Waals surface area contributed by atoms with E-state index in [-0.39, 0.29) is 4.68 Å². The lowest BCUT2D eigenvalue weighted by Crippen LogP contribution is -2.36. The number of anilines is 1. The molecule has 3 rings (SSSR count). The van der Waals surface area contributed by atoms with Crippen molar-refractivity contribution in [2.75, 3.05) is 5.32 Å². The van der Waals surface area contributed by atoms with Crippen LogP contribution in [0.4, 0.5) is 45.2 Å². The van der Waals surface area contributed by atoms with Crippen LogP contribution in [0.25, 0.3) is 0 Å². The minimum absolute atomic E-state index is 0.103. The van der Waals surface area contributed by atoms with E-state index in [9.17, 15) is 49.1 Å². The predicted octanol–water partition coefficient (Wildman–Crippen LogP) is 4.27. The van der Waals surface area contributed by atoms with Crippen LogP contribution in [-0.4, -0.2) is 33.3 Å². The molecule has 1 aliphatic carbocycles. The van der Waals surface area contributed by atoms with Crippen LogP contribution in [0, 0.1) is 17.1 Å². The number of aromatic nitrogens is 2. The molecule has 188 valence electrons. The smallest absolute Gasteiger partial charge is 0.334 e. The largest absolute Gasteiger partial charge is 0.459 e. The molecular formula is C19H12F9N5O2. The number of hydrogen-bond acceptors (Lipinski definition) is 4. The van der Waals surface area contributed by atoms with Crippen LogP contribution in [-0.2, 0) is 19.1 Å². The van der Waals surface area contributed by atoms with Gasteiger partial charge in [-0.25, -0.2) is 4.39 Å². The van der Waals surface area contributed by atoms with Crippen molar-refractivity contribution in [1.29, 1.82) is 5.26 Å². The number of carbonyl (C=O) groups is 2. The van der Waals surface area contributed by atoms with Crippen LogP contribution in [0.5, 0.6) is 0 Å². The van der Waals surface area contributed by atoms with E-state index >= 15 is 0 Å². The van der Waals surface area contributed by atoms with E-state index in [0.717, 1.165) is 6.07 Å². The zero-order valence-electron chi connectivity index (χ0n) is 17.2. The first-order chi connectivity index (χ1) is 15.9.